The van der Waals surface area contributed by atoms with Crippen LogP contribution in [0.5, 0.6) is 0 Å². The van der Waals surface area contributed by atoms with Crippen LogP contribution in [0, 0.1) is 6.92 Å². The molecule has 8 heteroatoms. The number of rotatable bonds is 8. The Bertz CT molecular complexity index is 1010. The van der Waals surface area contributed by atoms with Gasteiger partial charge in [-0.05, 0) is 24.6 Å². The van der Waals surface area contributed by atoms with Crippen molar-refractivity contribution in [2.24, 2.45) is 0 Å². The number of thiazole rings is 1. The van der Waals surface area contributed by atoms with E-state index in [1.807, 2.05) is 48.7 Å². The summed E-state index contributed by atoms with van der Waals surface area (Å²) in [6.07, 6.45) is -0.105. The molecule has 7 nitrogen and oxygen atoms in total. The van der Waals surface area contributed by atoms with Crippen LogP contribution in [0.25, 0.3) is 0 Å². The molecule has 2 amide bonds. The van der Waals surface area contributed by atoms with Crippen molar-refractivity contribution < 1.29 is 19.1 Å². The lowest BCUT2D eigenvalue weighted by molar-refractivity contribution is -0.147. The van der Waals surface area contributed by atoms with Gasteiger partial charge in [0.25, 0.3) is 11.8 Å². The van der Waals surface area contributed by atoms with E-state index in [0.29, 0.717) is 10.7 Å². The molecule has 0 saturated carbocycles. The second kappa shape index (κ2) is 10.3. The van der Waals surface area contributed by atoms with Gasteiger partial charge in [0.15, 0.2) is 11.7 Å². The van der Waals surface area contributed by atoms with Gasteiger partial charge in [-0.25, -0.2) is 4.98 Å². The molecular formula is C22H21N3O4S. The van der Waals surface area contributed by atoms with Crippen LogP contribution in [-0.4, -0.2) is 29.4 Å². The maximum Gasteiger partial charge on any atom is 0.308 e. The Morgan fingerprint density at radius 2 is 1.70 bits per heavy atom. The van der Waals surface area contributed by atoms with Crippen LogP contribution in [-0.2, 0) is 14.3 Å². The summed E-state index contributed by atoms with van der Waals surface area (Å²) in [6.45, 7) is 1.39. The van der Waals surface area contributed by atoms with E-state index in [2.05, 4.69) is 15.6 Å². The average Bonchev–Trinajstić information content (AvgIpc) is 3.17. The highest BCUT2D eigenvalue weighted by atomic mass is 32.1. The van der Waals surface area contributed by atoms with Crippen molar-refractivity contribution in [3.63, 3.8) is 0 Å². The van der Waals surface area contributed by atoms with Crippen molar-refractivity contribution in [2.75, 3.05) is 11.9 Å². The number of carbonyl (C=O) groups is 3. The zero-order valence-corrected chi connectivity index (χ0v) is 17.1. The Morgan fingerprint density at radius 3 is 2.33 bits per heavy atom. The number of benzene rings is 2. The summed E-state index contributed by atoms with van der Waals surface area (Å²) in [5.74, 6) is -1.36. The number of hydrogen-bond acceptors (Lipinski definition) is 6. The van der Waals surface area contributed by atoms with Gasteiger partial charge in [-0.3, -0.25) is 19.7 Å². The molecule has 0 bridgehead atoms. The topological polar surface area (TPSA) is 97.4 Å². The van der Waals surface area contributed by atoms with E-state index in [1.165, 1.54) is 11.3 Å². The standard InChI is InChI=1S/C22H21N3O4S/c1-15-14-30-22(23-15)25-19(26)13-29-20(27)12-18(16-8-4-2-5-9-16)24-21(28)17-10-6-3-7-11-17/h2-11,14,18H,12-13H2,1H3,(H,24,28)(H,23,25,26). The molecule has 0 spiro atoms. The second-order valence-electron chi connectivity index (χ2n) is 6.51. The van der Waals surface area contributed by atoms with E-state index < -0.39 is 24.5 Å². The predicted octanol–water partition coefficient (Wildman–Crippen LogP) is 3.49. The number of aryl methyl sites for hydroxylation is 1. The quantitative estimate of drug-likeness (QED) is 0.541. The molecule has 0 aliphatic carbocycles. The van der Waals surface area contributed by atoms with E-state index in [1.54, 1.807) is 24.3 Å². The summed E-state index contributed by atoms with van der Waals surface area (Å²) in [5.41, 5.74) is 2.05. The minimum Gasteiger partial charge on any atom is -0.455 e. The number of amides is 2. The highest BCUT2D eigenvalue weighted by molar-refractivity contribution is 7.13. The van der Waals surface area contributed by atoms with E-state index in [9.17, 15) is 14.4 Å². The van der Waals surface area contributed by atoms with Gasteiger partial charge in [-0.15, -0.1) is 11.3 Å². The Morgan fingerprint density at radius 1 is 1.03 bits per heavy atom. The van der Waals surface area contributed by atoms with Crippen LogP contribution in [0.3, 0.4) is 0 Å². The number of aromatic nitrogens is 1. The van der Waals surface area contributed by atoms with Crippen LogP contribution in [0.15, 0.2) is 66.0 Å². The summed E-state index contributed by atoms with van der Waals surface area (Å²) in [5, 5.41) is 7.70. The Balaban J connectivity index is 1.59. The summed E-state index contributed by atoms with van der Waals surface area (Å²) in [4.78, 5) is 41.0. The molecule has 1 atom stereocenters. The fourth-order valence-corrected chi connectivity index (χ4v) is 3.41. The van der Waals surface area contributed by atoms with Crippen LogP contribution in [0.1, 0.15) is 34.1 Å². The van der Waals surface area contributed by atoms with Crippen molar-refractivity contribution in [2.45, 2.75) is 19.4 Å². The van der Waals surface area contributed by atoms with E-state index in [4.69, 9.17) is 4.74 Å². The predicted molar refractivity (Wildman–Crippen MR) is 114 cm³/mol. The summed E-state index contributed by atoms with van der Waals surface area (Å²) in [7, 11) is 0. The number of esters is 1. The monoisotopic (exact) mass is 423 g/mol. The van der Waals surface area contributed by atoms with Gasteiger partial charge in [0.1, 0.15) is 0 Å². The van der Waals surface area contributed by atoms with Gasteiger partial charge >= 0.3 is 5.97 Å². The minimum atomic E-state index is -0.595. The number of carbonyl (C=O) groups excluding carboxylic acids is 3. The van der Waals surface area contributed by atoms with E-state index in [0.717, 1.165) is 11.3 Å². The van der Waals surface area contributed by atoms with Crippen molar-refractivity contribution in [1.82, 2.24) is 10.3 Å². The third-order valence-corrected chi connectivity index (χ3v) is 5.02. The zero-order valence-electron chi connectivity index (χ0n) is 16.3. The molecule has 0 aliphatic heterocycles. The lowest BCUT2D eigenvalue weighted by Crippen LogP contribution is -2.31. The SMILES string of the molecule is Cc1csc(NC(=O)COC(=O)CC(NC(=O)c2ccccc2)c2ccccc2)n1. The summed E-state index contributed by atoms with van der Waals surface area (Å²) >= 11 is 1.29. The third-order valence-electron chi connectivity index (χ3n) is 4.14. The molecule has 1 unspecified atom stereocenters. The van der Waals surface area contributed by atoms with Gasteiger partial charge in [0.05, 0.1) is 18.2 Å². The molecule has 0 fully saturated rings. The lowest BCUT2D eigenvalue weighted by atomic mass is 10.0. The first-order chi connectivity index (χ1) is 14.5. The molecular weight excluding hydrogens is 402 g/mol. The highest BCUT2D eigenvalue weighted by Gasteiger charge is 2.20. The molecule has 0 aliphatic rings. The van der Waals surface area contributed by atoms with Gasteiger partial charge in [0.2, 0.25) is 0 Å². The van der Waals surface area contributed by atoms with Gasteiger partial charge < -0.3 is 10.1 Å². The average molecular weight is 423 g/mol. The van der Waals surface area contributed by atoms with Crippen LogP contribution >= 0.6 is 11.3 Å². The normalized spacial score (nSPS) is 11.4. The first-order valence-corrected chi connectivity index (χ1v) is 10.2. The maximum absolute atomic E-state index is 12.5. The van der Waals surface area contributed by atoms with E-state index in [-0.39, 0.29) is 12.3 Å². The molecule has 2 aromatic carbocycles. The maximum atomic E-state index is 12.5. The lowest BCUT2D eigenvalue weighted by Gasteiger charge is -2.18. The van der Waals surface area contributed by atoms with Crippen LogP contribution in [0.2, 0.25) is 0 Å². The Labute approximate surface area is 178 Å². The number of anilines is 1. The number of nitrogens with zero attached hydrogens (tertiary/aromatic N) is 1. The number of ether oxygens (including phenoxy) is 1. The van der Waals surface area contributed by atoms with Crippen molar-refractivity contribution in [1.29, 1.82) is 0 Å². The van der Waals surface area contributed by atoms with Crippen molar-refractivity contribution >= 4 is 34.3 Å². The molecule has 0 radical (unpaired) electrons. The largest absolute Gasteiger partial charge is 0.455 e. The highest BCUT2D eigenvalue weighted by Crippen LogP contribution is 2.18. The molecule has 0 saturated heterocycles. The second-order valence-corrected chi connectivity index (χ2v) is 7.37. The van der Waals surface area contributed by atoms with Gasteiger partial charge in [-0.2, -0.15) is 0 Å². The van der Waals surface area contributed by atoms with Crippen LogP contribution in [0.4, 0.5) is 5.13 Å². The van der Waals surface area contributed by atoms with Crippen molar-refractivity contribution in [3.05, 3.63) is 82.9 Å². The third kappa shape index (κ3) is 6.25. The van der Waals surface area contributed by atoms with Crippen LogP contribution < -0.4 is 10.6 Å². The molecule has 154 valence electrons. The minimum absolute atomic E-state index is 0.105. The summed E-state index contributed by atoms with van der Waals surface area (Å²) < 4.78 is 5.10. The zero-order chi connectivity index (χ0) is 21.3. The molecule has 3 rings (SSSR count). The first kappa shape index (κ1) is 21.2. The molecule has 2 N–H and O–H groups in total. The molecule has 3 aromatic rings. The number of hydrogen-bond donors (Lipinski definition) is 2. The molecule has 1 aromatic heterocycles. The van der Waals surface area contributed by atoms with Crippen molar-refractivity contribution in [3.8, 4) is 0 Å². The van der Waals surface area contributed by atoms with E-state index >= 15 is 0 Å². The Kier molecular flexibility index (Phi) is 7.29. The fraction of sp³-hybridized carbons (Fsp3) is 0.182. The number of nitrogens with one attached hydrogen (secondary N) is 2. The summed E-state index contributed by atoms with van der Waals surface area (Å²) in [6, 6.07) is 17.3. The van der Waals surface area contributed by atoms with Gasteiger partial charge in [0, 0.05) is 10.9 Å². The molecule has 30 heavy (non-hydrogen) atoms. The fourth-order valence-electron chi connectivity index (χ4n) is 2.71. The first-order valence-electron chi connectivity index (χ1n) is 9.29. The Hall–Kier alpha value is -3.52. The molecule has 1 heterocycles. The van der Waals surface area contributed by atoms with Gasteiger partial charge in [-0.1, -0.05) is 48.5 Å². The smallest absolute Gasteiger partial charge is 0.308 e.